The molecule has 8 nitrogen and oxygen atoms in total. The zero-order valence-electron chi connectivity index (χ0n) is 10.7. The predicted molar refractivity (Wildman–Crippen MR) is 70.2 cm³/mol. The van der Waals surface area contributed by atoms with E-state index in [9.17, 15) is 4.79 Å². The average molecular weight is 292 g/mol. The molecule has 0 bridgehead atoms. The Balaban J connectivity index is 1.89. The average Bonchev–Trinajstić information content (AvgIpc) is 3.20. The van der Waals surface area contributed by atoms with Crippen LogP contribution in [0.2, 0.25) is 0 Å². The Morgan fingerprint density at radius 1 is 1.50 bits per heavy atom. The summed E-state index contributed by atoms with van der Waals surface area (Å²) in [6, 6.07) is 3.50. The first kappa shape index (κ1) is 12.9. The van der Waals surface area contributed by atoms with Gasteiger partial charge in [0.05, 0.1) is 18.8 Å². The van der Waals surface area contributed by atoms with Gasteiger partial charge >= 0.3 is 5.97 Å². The van der Waals surface area contributed by atoms with Crippen LogP contribution < -0.4 is 5.73 Å². The first-order valence-corrected chi connectivity index (χ1v) is 6.81. The molecule has 0 unspecified atom stereocenters. The summed E-state index contributed by atoms with van der Waals surface area (Å²) >= 11 is 1.24. The third-order valence-corrected chi connectivity index (χ3v) is 3.80. The standard InChI is InChI=1S/C11H12N6O2S/c1-19-10(18)8-5-4-7(12)9(13-8)20-11-14-15-16-17(11)6-2-3-6/h4-6H,2-3,12H2,1H3. The van der Waals surface area contributed by atoms with Gasteiger partial charge in [-0.25, -0.2) is 14.5 Å². The molecule has 3 rings (SSSR count). The highest BCUT2D eigenvalue weighted by atomic mass is 32.2. The number of nitrogens with zero attached hydrogens (tertiary/aromatic N) is 5. The number of carbonyl (C=O) groups excluding carboxylic acids is 1. The second kappa shape index (κ2) is 5.08. The van der Waals surface area contributed by atoms with Crippen LogP contribution in [0.3, 0.4) is 0 Å². The summed E-state index contributed by atoms with van der Waals surface area (Å²) in [4.78, 5) is 15.7. The lowest BCUT2D eigenvalue weighted by molar-refractivity contribution is 0.0593. The Labute approximate surface area is 118 Å². The van der Waals surface area contributed by atoms with Crippen molar-refractivity contribution in [1.82, 2.24) is 25.2 Å². The van der Waals surface area contributed by atoms with E-state index in [1.165, 1.54) is 24.9 Å². The Kier molecular flexibility index (Phi) is 3.26. The van der Waals surface area contributed by atoms with Gasteiger partial charge < -0.3 is 10.5 Å². The van der Waals surface area contributed by atoms with Gasteiger partial charge in [0.15, 0.2) is 0 Å². The number of hydrogen-bond donors (Lipinski definition) is 1. The summed E-state index contributed by atoms with van der Waals surface area (Å²) in [5, 5.41) is 12.7. The topological polar surface area (TPSA) is 109 Å². The van der Waals surface area contributed by atoms with Crippen LogP contribution in [-0.4, -0.2) is 38.3 Å². The lowest BCUT2D eigenvalue weighted by atomic mass is 10.3. The molecule has 0 atom stereocenters. The molecular formula is C11H12N6O2S. The number of hydrogen-bond acceptors (Lipinski definition) is 8. The number of nitrogens with two attached hydrogens (primary N) is 1. The highest BCUT2D eigenvalue weighted by Gasteiger charge is 2.28. The number of esters is 1. The van der Waals surface area contributed by atoms with Crippen molar-refractivity contribution in [3.63, 3.8) is 0 Å². The Morgan fingerprint density at radius 3 is 3.00 bits per heavy atom. The van der Waals surface area contributed by atoms with Crippen LogP contribution in [0.4, 0.5) is 5.69 Å². The van der Waals surface area contributed by atoms with Crippen molar-refractivity contribution in [2.75, 3.05) is 12.8 Å². The summed E-state index contributed by atoms with van der Waals surface area (Å²) in [5.74, 6) is -0.506. The third kappa shape index (κ3) is 2.44. The first-order valence-electron chi connectivity index (χ1n) is 5.99. The van der Waals surface area contributed by atoms with E-state index in [0.29, 0.717) is 21.9 Å². The van der Waals surface area contributed by atoms with Gasteiger partial charge in [0, 0.05) is 0 Å². The number of pyridine rings is 1. The Bertz CT molecular complexity index is 654. The van der Waals surface area contributed by atoms with E-state index < -0.39 is 5.97 Å². The second-order valence-electron chi connectivity index (χ2n) is 4.32. The second-order valence-corrected chi connectivity index (χ2v) is 5.28. The summed E-state index contributed by atoms with van der Waals surface area (Å²) < 4.78 is 6.40. The normalized spacial score (nSPS) is 14.2. The monoisotopic (exact) mass is 292 g/mol. The number of methoxy groups -OCH3 is 1. The molecule has 2 aromatic heterocycles. The number of anilines is 1. The minimum Gasteiger partial charge on any atom is -0.464 e. The van der Waals surface area contributed by atoms with Crippen LogP contribution in [-0.2, 0) is 4.74 Å². The van der Waals surface area contributed by atoms with Gasteiger partial charge in [0.25, 0.3) is 0 Å². The predicted octanol–water partition coefficient (Wildman–Crippen LogP) is 0.923. The molecule has 0 radical (unpaired) electrons. The number of rotatable bonds is 4. The van der Waals surface area contributed by atoms with Crippen molar-refractivity contribution in [3.05, 3.63) is 17.8 Å². The number of nitrogen functional groups attached to an aromatic ring is 1. The van der Waals surface area contributed by atoms with E-state index in [1.807, 2.05) is 0 Å². The fourth-order valence-electron chi connectivity index (χ4n) is 1.64. The van der Waals surface area contributed by atoms with Gasteiger partial charge in [-0.2, -0.15) is 0 Å². The number of ether oxygens (including phenoxy) is 1. The summed E-state index contributed by atoms with van der Waals surface area (Å²) in [5.41, 5.74) is 6.55. The molecule has 9 heteroatoms. The third-order valence-electron chi connectivity index (χ3n) is 2.83. The van der Waals surface area contributed by atoms with Gasteiger partial charge in [-0.05, 0) is 47.2 Å². The van der Waals surface area contributed by atoms with Crippen molar-refractivity contribution in [2.24, 2.45) is 0 Å². The fraction of sp³-hybridized carbons (Fsp3) is 0.364. The zero-order chi connectivity index (χ0) is 14.1. The Hall–Kier alpha value is -2.16. The SMILES string of the molecule is COC(=O)c1ccc(N)c(Sc2nnnn2C2CC2)n1. The molecule has 1 fully saturated rings. The molecule has 104 valence electrons. The molecule has 0 aliphatic heterocycles. The van der Waals surface area contributed by atoms with Gasteiger partial charge in [-0.3, -0.25) is 0 Å². The summed E-state index contributed by atoms with van der Waals surface area (Å²) in [6.45, 7) is 0. The molecule has 0 saturated heterocycles. The van der Waals surface area contributed by atoms with Crippen LogP contribution in [0.15, 0.2) is 22.3 Å². The van der Waals surface area contributed by atoms with Crippen LogP contribution >= 0.6 is 11.8 Å². The van der Waals surface area contributed by atoms with Gasteiger partial charge in [-0.15, -0.1) is 5.10 Å². The van der Waals surface area contributed by atoms with E-state index >= 15 is 0 Å². The van der Waals surface area contributed by atoms with Crippen molar-refractivity contribution < 1.29 is 9.53 Å². The minimum atomic E-state index is -0.506. The van der Waals surface area contributed by atoms with Crippen LogP contribution in [0, 0.1) is 0 Å². The maximum absolute atomic E-state index is 11.5. The van der Waals surface area contributed by atoms with E-state index in [2.05, 4.69) is 25.2 Å². The number of tetrazole rings is 1. The van der Waals surface area contributed by atoms with E-state index in [0.717, 1.165) is 12.8 Å². The van der Waals surface area contributed by atoms with Crippen LogP contribution in [0.25, 0.3) is 0 Å². The zero-order valence-corrected chi connectivity index (χ0v) is 11.5. The molecule has 1 aliphatic rings. The molecule has 1 aliphatic carbocycles. The highest BCUT2D eigenvalue weighted by Crippen LogP contribution is 2.38. The lowest BCUT2D eigenvalue weighted by Gasteiger charge is -2.06. The Morgan fingerprint density at radius 2 is 2.30 bits per heavy atom. The van der Waals surface area contributed by atoms with Crippen molar-refractivity contribution in [2.45, 2.75) is 29.1 Å². The van der Waals surface area contributed by atoms with E-state index in [1.54, 1.807) is 10.7 Å². The molecule has 1 saturated carbocycles. The number of aromatic nitrogens is 5. The summed E-state index contributed by atoms with van der Waals surface area (Å²) in [6.07, 6.45) is 2.15. The summed E-state index contributed by atoms with van der Waals surface area (Å²) in [7, 11) is 1.31. The quantitative estimate of drug-likeness (QED) is 0.829. The largest absolute Gasteiger partial charge is 0.464 e. The lowest BCUT2D eigenvalue weighted by Crippen LogP contribution is -2.06. The highest BCUT2D eigenvalue weighted by molar-refractivity contribution is 7.99. The fourth-order valence-corrected chi connectivity index (χ4v) is 2.50. The maximum atomic E-state index is 11.5. The van der Waals surface area contributed by atoms with Gasteiger partial charge in [-0.1, -0.05) is 0 Å². The van der Waals surface area contributed by atoms with E-state index in [4.69, 9.17) is 5.73 Å². The molecule has 20 heavy (non-hydrogen) atoms. The van der Waals surface area contributed by atoms with Crippen molar-refractivity contribution >= 4 is 23.4 Å². The molecule has 2 aromatic rings. The van der Waals surface area contributed by atoms with Crippen molar-refractivity contribution in [3.8, 4) is 0 Å². The molecule has 0 aromatic carbocycles. The van der Waals surface area contributed by atoms with Gasteiger partial charge in [0.1, 0.15) is 10.7 Å². The molecule has 2 heterocycles. The molecule has 2 N–H and O–H groups in total. The minimum absolute atomic E-state index is 0.203. The molecule has 0 spiro atoms. The van der Waals surface area contributed by atoms with E-state index in [-0.39, 0.29) is 5.69 Å². The van der Waals surface area contributed by atoms with Crippen LogP contribution in [0.5, 0.6) is 0 Å². The number of carbonyl (C=O) groups is 1. The maximum Gasteiger partial charge on any atom is 0.356 e. The van der Waals surface area contributed by atoms with Crippen LogP contribution in [0.1, 0.15) is 29.4 Å². The molecular weight excluding hydrogens is 280 g/mol. The smallest absolute Gasteiger partial charge is 0.356 e. The first-order chi connectivity index (χ1) is 9.69. The van der Waals surface area contributed by atoms with Gasteiger partial charge in [0.2, 0.25) is 5.16 Å². The molecule has 0 amide bonds. The van der Waals surface area contributed by atoms with Crippen molar-refractivity contribution in [1.29, 1.82) is 0 Å².